The van der Waals surface area contributed by atoms with E-state index in [0.717, 1.165) is 0 Å². The molecule has 0 saturated heterocycles. The third kappa shape index (κ3) is 42.2. The van der Waals surface area contributed by atoms with Gasteiger partial charge in [0, 0.05) is 11.9 Å². The Morgan fingerprint density at radius 3 is 1.09 bits per heavy atom. The van der Waals surface area contributed by atoms with Gasteiger partial charge in [0.05, 0.1) is 0 Å². The van der Waals surface area contributed by atoms with Crippen LogP contribution in [0.25, 0.3) is 0 Å². The molecule has 4 nitrogen and oxygen atoms in total. The Hall–Kier alpha value is -0.320. The summed E-state index contributed by atoms with van der Waals surface area (Å²) in [6, 6.07) is 0. The largest absolute Gasteiger partial charge is 2.00 e. The van der Waals surface area contributed by atoms with Crippen LogP contribution in [0.4, 0.5) is 0 Å². The van der Waals surface area contributed by atoms with E-state index in [1.54, 1.807) is 0 Å². The van der Waals surface area contributed by atoms with Gasteiger partial charge in [0.2, 0.25) is 0 Å². The molecule has 0 atom stereocenters. The molecule has 0 aromatic carbocycles. The molecule has 0 amide bonds. The van der Waals surface area contributed by atoms with Crippen molar-refractivity contribution >= 4 is 11.9 Å². The van der Waals surface area contributed by atoms with Crippen molar-refractivity contribution in [2.45, 2.75) is 26.7 Å². The summed E-state index contributed by atoms with van der Waals surface area (Å²) in [5, 5.41) is 18.5. The van der Waals surface area contributed by atoms with Crippen molar-refractivity contribution in [1.29, 1.82) is 0 Å². The van der Waals surface area contributed by atoms with Crippen molar-refractivity contribution in [3.63, 3.8) is 0 Å². The van der Waals surface area contributed by atoms with Crippen molar-refractivity contribution in [3.8, 4) is 0 Å². The smallest absolute Gasteiger partial charge is 0.550 e. The quantitative estimate of drug-likeness (QED) is 0.549. The van der Waals surface area contributed by atoms with Gasteiger partial charge in [-0.15, -0.1) is 0 Å². The van der Waals surface area contributed by atoms with Crippen LogP contribution in [0.5, 0.6) is 0 Å². The molecule has 0 aliphatic carbocycles. The van der Waals surface area contributed by atoms with Crippen LogP contribution in [0, 0.1) is 0 Å². The van der Waals surface area contributed by atoms with Crippen molar-refractivity contribution in [1.82, 2.24) is 0 Å². The zero-order valence-corrected chi connectivity index (χ0v) is 7.83. The van der Waals surface area contributed by atoms with E-state index in [0.29, 0.717) is 0 Å². The fourth-order valence-electron chi connectivity index (χ4n) is 0. The van der Waals surface area contributed by atoms with Crippen LogP contribution in [0.15, 0.2) is 0 Å². The van der Waals surface area contributed by atoms with E-state index in [4.69, 9.17) is 0 Å². The molecular formula is C6H10AgO4. The summed E-state index contributed by atoms with van der Waals surface area (Å²) < 4.78 is 0. The summed E-state index contributed by atoms with van der Waals surface area (Å²) in [6.07, 6.45) is 0.222. The molecule has 0 fully saturated rings. The molecule has 0 saturated carbocycles. The molecule has 0 bridgehead atoms. The van der Waals surface area contributed by atoms with Gasteiger partial charge in [-0.1, -0.05) is 13.8 Å². The monoisotopic (exact) mass is 253 g/mol. The minimum Gasteiger partial charge on any atom is -0.550 e. The zero-order valence-electron chi connectivity index (χ0n) is 6.35. The number of carbonyl (C=O) groups excluding carboxylic acids is 2. The van der Waals surface area contributed by atoms with E-state index in [-0.39, 0.29) is 35.2 Å². The summed E-state index contributed by atoms with van der Waals surface area (Å²) >= 11 is 0. The molecule has 0 N–H and O–H groups in total. The number of carbonyl (C=O) groups is 2. The van der Waals surface area contributed by atoms with Gasteiger partial charge in [-0.25, -0.2) is 0 Å². The Balaban J connectivity index is -0.000000107. The Kier molecular flexibility index (Phi) is 19.1. The first-order chi connectivity index (χ1) is 4.54. The Bertz CT molecular complexity index is 99.1. The minimum absolute atomic E-state index is 0. The SMILES string of the molecule is CCC(=O)[O-].CCC(=O)[O-].[Ag+2]. The predicted octanol–water partition coefficient (Wildman–Crippen LogP) is -1.71. The molecule has 1 radical (unpaired) electrons. The third-order valence-corrected chi connectivity index (χ3v) is 0.577. The van der Waals surface area contributed by atoms with Crippen molar-refractivity contribution in [3.05, 3.63) is 0 Å². The number of hydrogen-bond donors (Lipinski definition) is 0. The molecule has 0 aliphatic rings. The minimum atomic E-state index is -0.995. The van der Waals surface area contributed by atoms with E-state index in [1.807, 2.05) is 0 Å². The first-order valence-electron chi connectivity index (χ1n) is 2.94. The molecule has 0 rings (SSSR count). The molecule has 11 heavy (non-hydrogen) atoms. The van der Waals surface area contributed by atoms with Crippen LogP contribution in [0.3, 0.4) is 0 Å². The van der Waals surface area contributed by atoms with Gasteiger partial charge in [-0.05, 0) is 12.8 Å². The molecular weight excluding hydrogens is 244 g/mol. The zero-order chi connectivity index (χ0) is 8.57. The normalized spacial score (nSPS) is 6.73. The molecule has 0 aromatic rings. The first kappa shape index (κ1) is 17.0. The van der Waals surface area contributed by atoms with Crippen LogP contribution in [0.1, 0.15) is 26.7 Å². The molecule has 0 aromatic heterocycles. The number of rotatable bonds is 2. The van der Waals surface area contributed by atoms with E-state index < -0.39 is 11.9 Å². The molecule has 5 heteroatoms. The number of aliphatic carboxylic acids is 2. The second-order valence-corrected chi connectivity index (χ2v) is 1.45. The summed E-state index contributed by atoms with van der Waals surface area (Å²) in [5.74, 6) is -1.99. The topological polar surface area (TPSA) is 80.3 Å². The van der Waals surface area contributed by atoms with Crippen LogP contribution in [-0.2, 0) is 32.0 Å². The fraction of sp³-hybridized carbons (Fsp3) is 0.667. The van der Waals surface area contributed by atoms with Gasteiger partial charge >= 0.3 is 22.4 Å². The first-order valence-corrected chi connectivity index (χ1v) is 2.94. The summed E-state index contributed by atoms with van der Waals surface area (Å²) in [7, 11) is 0. The maximum atomic E-state index is 9.26. The maximum Gasteiger partial charge on any atom is 2.00 e. The van der Waals surface area contributed by atoms with E-state index >= 15 is 0 Å². The van der Waals surface area contributed by atoms with Crippen LogP contribution in [-0.4, -0.2) is 11.9 Å². The number of hydrogen-bond acceptors (Lipinski definition) is 4. The molecule has 69 valence electrons. The average Bonchev–Trinajstić information content (AvgIpc) is 1.89. The van der Waals surface area contributed by atoms with Gasteiger partial charge in [0.25, 0.3) is 0 Å². The van der Waals surface area contributed by atoms with E-state index in [2.05, 4.69) is 0 Å². The van der Waals surface area contributed by atoms with Crippen LogP contribution < -0.4 is 10.2 Å². The summed E-state index contributed by atoms with van der Waals surface area (Å²) in [5.41, 5.74) is 0. The third-order valence-electron chi connectivity index (χ3n) is 0.577. The number of carboxylic acid groups (broad SMARTS) is 2. The van der Waals surface area contributed by atoms with E-state index in [1.165, 1.54) is 13.8 Å². The summed E-state index contributed by atoms with van der Waals surface area (Å²) in [4.78, 5) is 18.5. The van der Waals surface area contributed by atoms with Gasteiger partial charge in [0.15, 0.2) is 0 Å². The average molecular weight is 254 g/mol. The fourth-order valence-corrected chi connectivity index (χ4v) is 0. The van der Waals surface area contributed by atoms with Crippen LogP contribution in [0.2, 0.25) is 0 Å². The summed E-state index contributed by atoms with van der Waals surface area (Å²) in [6.45, 7) is 3.07. The van der Waals surface area contributed by atoms with E-state index in [9.17, 15) is 19.8 Å². The Morgan fingerprint density at radius 1 is 1.00 bits per heavy atom. The molecule has 0 heterocycles. The van der Waals surface area contributed by atoms with Crippen molar-refractivity contribution < 1.29 is 42.2 Å². The molecule has 0 aliphatic heterocycles. The van der Waals surface area contributed by atoms with Crippen molar-refractivity contribution in [2.75, 3.05) is 0 Å². The second kappa shape index (κ2) is 12.4. The van der Waals surface area contributed by atoms with Gasteiger partial charge < -0.3 is 19.8 Å². The van der Waals surface area contributed by atoms with Crippen LogP contribution >= 0.6 is 0 Å². The Morgan fingerprint density at radius 2 is 1.09 bits per heavy atom. The number of carboxylic acids is 2. The maximum absolute atomic E-state index is 9.26. The van der Waals surface area contributed by atoms with Crippen molar-refractivity contribution in [2.24, 2.45) is 0 Å². The Labute approximate surface area is 81.1 Å². The van der Waals surface area contributed by atoms with Gasteiger partial charge in [-0.3, -0.25) is 0 Å². The van der Waals surface area contributed by atoms with Gasteiger partial charge in [0.1, 0.15) is 0 Å². The molecule has 0 spiro atoms. The van der Waals surface area contributed by atoms with Gasteiger partial charge in [-0.2, -0.15) is 0 Å². The second-order valence-electron chi connectivity index (χ2n) is 1.45. The molecule has 0 unspecified atom stereocenters. The predicted molar refractivity (Wildman–Crippen MR) is 30.6 cm³/mol. The standard InChI is InChI=1S/2C3H6O2.Ag/c2*1-2-3(4)5;/h2*2H2,1H3,(H,4,5);/q;;+2/p-2.